The number of anilines is 1. The van der Waals surface area contributed by atoms with Crippen molar-refractivity contribution in [1.29, 1.82) is 0 Å². The molecule has 0 saturated carbocycles. The number of nitrogens with two attached hydrogens (primary N) is 1. The topological polar surface area (TPSA) is 63.8 Å². The van der Waals surface area contributed by atoms with Crippen LogP contribution in [0, 0.1) is 0 Å². The van der Waals surface area contributed by atoms with Crippen LogP contribution < -0.4 is 11.1 Å². The van der Waals surface area contributed by atoms with E-state index in [4.69, 9.17) is 5.73 Å². The smallest absolute Gasteiger partial charge is 0.353 e. The Bertz CT molecular complexity index is 549. The summed E-state index contributed by atoms with van der Waals surface area (Å²) in [5, 5.41) is 2.91. The van der Waals surface area contributed by atoms with Gasteiger partial charge in [-0.15, -0.1) is 0 Å². The van der Waals surface area contributed by atoms with Gasteiger partial charge in [-0.05, 0) is 17.7 Å². The van der Waals surface area contributed by atoms with E-state index < -0.39 is 11.7 Å². The van der Waals surface area contributed by atoms with Gasteiger partial charge in [0.2, 0.25) is 5.95 Å². The van der Waals surface area contributed by atoms with Gasteiger partial charge in [0.25, 0.3) is 0 Å². The summed E-state index contributed by atoms with van der Waals surface area (Å²) in [4.78, 5) is 8.13. The van der Waals surface area contributed by atoms with Crippen molar-refractivity contribution in [2.45, 2.75) is 6.18 Å². The summed E-state index contributed by atoms with van der Waals surface area (Å²) in [6.07, 6.45) is -1.23. The van der Waals surface area contributed by atoms with Gasteiger partial charge in [-0.1, -0.05) is 12.1 Å². The maximum atomic E-state index is 12.5. The normalized spacial score (nSPS) is 11.4. The molecule has 3 N–H and O–H groups in total. The molecule has 0 aliphatic carbocycles. The molecule has 0 spiro atoms. The van der Waals surface area contributed by atoms with Crippen molar-refractivity contribution in [3.8, 4) is 11.1 Å². The van der Waals surface area contributed by atoms with Crippen LogP contribution in [0.2, 0.25) is 0 Å². The molecular weight excluding hydrogens is 269 g/mol. The fraction of sp³-hybridized carbons (Fsp3) is 0.231. The highest BCUT2D eigenvalue weighted by Gasteiger charge is 2.29. The van der Waals surface area contributed by atoms with Crippen LogP contribution >= 0.6 is 0 Å². The van der Waals surface area contributed by atoms with Crippen LogP contribution in [0.15, 0.2) is 36.7 Å². The summed E-state index contributed by atoms with van der Waals surface area (Å²) in [5.74, 6) is 0.436. The van der Waals surface area contributed by atoms with E-state index in [9.17, 15) is 13.2 Å². The first kappa shape index (κ1) is 14.3. The average Bonchev–Trinajstić information content (AvgIpc) is 2.45. The second-order valence-electron chi connectivity index (χ2n) is 4.09. The molecule has 106 valence electrons. The average molecular weight is 282 g/mol. The minimum absolute atomic E-state index is 0.436. The van der Waals surface area contributed by atoms with E-state index in [1.54, 1.807) is 12.4 Å². The number of hydrogen-bond acceptors (Lipinski definition) is 4. The summed E-state index contributed by atoms with van der Waals surface area (Å²) < 4.78 is 37.4. The lowest BCUT2D eigenvalue weighted by Gasteiger charge is -2.08. The molecule has 0 aliphatic heterocycles. The third-order valence-electron chi connectivity index (χ3n) is 2.62. The van der Waals surface area contributed by atoms with Gasteiger partial charge in [0.1, 0.15) is 0 Å². The zero-order chi connectivity index (χ0) is 14.6. The lowest BCUT2D eigenvalue weighted by molar-refractivity contribution is -0.137. The van der Waals surface area contributed by atoms with Crippen LogP contribution in [0.5, 0.6) is 0 Å². The first-order chi connectivity index (χ1) is 9.50. The molecule has 0 radical (unpaired) electrons. The highest BCUT2D eigenvalue weighted by Crippen LogP contribution is 2.30. The molecule has 1 aromatic carbocycles. The van der Waals surface area contributed by atoms with E-state index in [-0.39, 0.29) is 0 Å². The summed E-state index contributed by atoms with van der Waals surface area (Å²) in [6, 6.07) is 4.87. The molecule has 0 aliphatic rings. The Balaban J connectivity index is 2.15. The van der Waals surface area contributed by atoms with Crippen molar-refractivity contribution in [3.05, 3.63) is 42.2 Å². The van der Waals surface area contributed by atoms with Crippen LogP contribution in [0.4, 0.5) is 19.1 Å². The van der Waals surface area contributed by atoms with Crippen LogP contribution in [-0.4, -0.2) is 23.1 Å². The SMILES string of the molecule is NCCNc1ncc(-c2ccc(C(F)(F)F)cc2)cn1. The van der Waals surface area contributed by atoms with Gasteiger partial charge < -0.3 is 11.1 Å². The van der Waals surface area contributed by atoms with Crippen molar-refractivity contribution >= 4 is 5.95 Å². The second kappa shape index (κ2) is 5.87. The summed E-state index contributed by atoms with van der Waals surface area (Å²) in [6.45, 7) is 1.02. The van der Waals surface area contributed by atoms with Crippen molar-refractivity contribution in [2.24, 2.45) is 5.73 Å². The molecular formula is C13H13F3N4. The highest BCUT2D eigenvalue weighted by molar-refractivity contribution is 5.62. The molecule has 0 amide bonds. The van der Waals surface area contributed by atoms with E-state index in [0.717, 1.165) is 12.1 Å². The van der Waals surface area contributed by atoms with Crippen LogP contribution in [0.1, 0.15) is 5.56 Å². The Labute approximate surface area is 113 Å². The van der Waals surface area contributed by atoms with Gasteiger partial charge in [0.05, 0.1) is 5.56 Å². The lowest BCUT2D eigenvalue weighted by atomic mass is 10.1. The largest absolute Gasteiger partial charge is 0.416 e. The molecule has 2 aromatic rings. The maximum absolute atomic E-state index is 12.5. The van der Waals surface area contributed by atoms with Crippen LogP contribution in [-0.2, 0) is 6.18 Å². The van der Waals surface area contributed by atoms with Gasteiger partial charge in [-0.3, -0.25) is 0 Å². The Morgan fingerprint density at radius 2 is 1.60 bits per heavy atom. The van der Waals surface area contributed by atoms with Crippen LogP contribution in [0.3, 0.4) is 0 Å². The fourth-order valence-electron chi connectivity index (χ4n) is 1.60. The zero-order valence-electron chi connectivity index (χ0n) is 10.5. The first-order valence-corrected chi connectivity index (χ1v) is 5.94. The van der Waals surface area contributed by atoms with E-state index in [2.05, 4.69) is 15.3 Å². The van der Waals surface area contributed by atoms with E-state index in [1.807, 2.05) is 0 Å². The number of aromatic nitrogens is 2. The van der Waals surface area contributed by atoms with Crippen molar-refractivity contribution in [1.82, 2.24) is 9.97 Å². The molecule has 0 bridgehead atoms. The zero-order valence-corrected chi connectivity index (χ0v) is 10.5. The quantitative estimate of drug-likeness (QED) is 0.904. The lowest BCUT2D eigenvalue weighted by Crippen LogP contribution is -2.14. The summed E-state index contributed by atoms with van der Waals surface area (Å²) >= 11 is 0. The standard InChI is InChI=1S/C13H13F3N4/c14-13(15,16)11-3-1-9(2-4-11)10-7-19-12(20-8-10)18-6-5-17/h1-4,7-8H,5-6,17H2,(H,18,19,20). The van der Waals surface area contributed by atoms with Crippen LogP contribution in [0.25, 0.3) is 11.1 Å². The molecule has 0 fully saturated rings. The third-order valence-corrected chi connectivity index (χ3v) is 2.62. The molecule has 0 atom stereocenters. The van der Waals surface area contributed by atoms with Gasteiger partial charge in [-0.2, -0.15) is 13.2 Å². The molecule has 4 nitrogen and oxygen atoms in total. The van der Waals surface area contributed by atoms with Gasteiger partial charge >= 0.3 is 6.18 Å². The molecule has 1 aromatic heterocycles. The van der Waals surface area contributed by atoms with Gasteiger partial charge in [0.15, 0.2) is 0 Å². The van der Waals surface area contributed by atoms with E-state index >= 15 is 0 Å². The fourth-order valence-corrected chi connectivity index (χ4v) is 1.60. The van der Waals surface area contributed by atoms with Crippen molar-refractivity contribution in [3.63, 3.8) is 0 Å². The maximum Gasteiger partial charge on any atom is 0.416 e. The number of nitrogens with one attached hydrogen (secondary N) is 1. The minimum Gasteiger partial charge on any atom is -0.353 e. The van der Waals surface area contributed by atoms with Gasteiger partial charge in [-0.25, -0.2) is 9.97 Å². The van der Waals surface area contributed by atoms with E-state index in [1.165, 1.54) is 12.1 Å². The Hall–Kier alpha value is -2.15. The number of halogens is 3. The Morgan fingerprint density at radius 1 is 1.00 bits per heavy atom. The van der Waals surface area contributed by atoms with Crippen molar-refractivity contribution in [2.75, 3.05) is 18.4 Å². The molecule has 0 unspecified atom stereocenters. The monoisotopic (exact) mass is 282 g/mol. The highest BCUT2D eigenvalue weighted by atomic mass is 19.4. The molecule has 20 heavy (non-hydrogen) atoms. The molecule has 0 saturated heterocycles. The second-order valence-corrected chi connectivity index (χ2v) is 4.09. The summed E-state index contributed by atoms with van der Waals surface area (Å²) in [5.41, 5.74) is 5.94. The van der Waals surface area contributed by atoms with E-state index in [0.29, 0.717) is 30.2 Å². The molecule has 2 rings (SSSR count). The van der Waals surface area contributed by atoms with Gasteiger partial charge in [0, 0.05) is 31.0 Å². The predicted octanol–water partition coefficient (Wildman–Crippen LogP) is 2.53. The minimum atomic E-state index is -4.33. The molecule has 1 heterocycles. The first-order valence-electron chi connectivity index (χ1n) is 5.94. The third kappa shape index (κ3) is 3.45. The number of rotatable bonds is 4. The number of hydrogen-bond donors (Lipinski definition) is 2. The Morgan fingerprint density at radius 3 is 2.10 bits per heavy atom. The Kier molecular flexibility index (Phi) is 4.19. The molecule has 7 heteroatoms. The number of benzene rings is 1. The summed E-state index contributed by atoms with van der Waals surface area (Å²) in [7, 11) is 0. The number of alkyl halides is 3. The van der Waals surface area contributed by atoms with Crippen molar-refractivity contribution < 1.29 is 13.2 Å². The number of nitrogens with zero attached hydrogens (tertiary/aromatic N) is 2. The predicted molar refractivity (Wildman–Crippen MR) is 70.0 cm³/mol.